The van der Waals surface area contributed by atoms with Gasteiger partial charge >= 0.3 is 10.1 Å². The van der Waals surface area contributed by atoms with Crippen molar-refractivity contribution in [3.05, 3.63) is 28.8 Å². The van der Waals surface area contributed by atoms with Gasteiger partial charge in [0.25, 0.3) is 0 Å². The summed E-state index contributed by atoms with van der Waals surface area (Å²) in [6, 6.07) is 5.12. The average Bonchev–Trinajstić information content (AvgIpc) is 2.43. The number of hydrogen-bond acceptors (Lipinski definition) is 3. The summed E-state index contributed by atoms with van der Waals surface area (Å²) in [7, 11) is -4.13. The van der Waals surface area contributed by atoms with Gasteiger partial charge in [-0.2, -0.15) is 8.42 Å². The van der Waals surface area contributed by atoms with Crippen LogP contribution < -0.4 is 0 Å². The predicted octanol–water partition coefficient (Wildman–Crippen LogP) is 3.11. The molecule has 0 aliphatic carbocycles. The molecule has 2 rings (SSSR count). The van der Waals surface area contributed by atoms with Crippen molar-refractivity contribution in [1.82, 2.24) is 0 Å². The molecule has 0 saturated carbocycles. The highest BCUT2D eigenvalue weighted by molar-refractivity contribution is 7.88. The lowest BCUT2D eigenvalue weighted by atomic mass is 10.2. The van der Waals surface area contributed by atoms with Gasteiger partial charge in [-0.1, -0.05) is 11.6 Å². The maximum absolute atomic E-state index is 11.0. The van der Waals surface area contributed by atoms with Crippen molar-refractivity contribution >= 4 is 43.1 Å². The molecule has 0 aliphatic rings. The number of rotatable bonds is 1. The Balaban J connectivity index is 2.87. The van der Waals surface area contributed by atoms with Gasteiger partial charge < -0.3 is 0 Å². The quantitative estimate of drug-likeness (QED) is 0.804. The topological polar surface area (TPSA) is 54.4 Å². The van der Waals surface area contributed by atoms with E-state index in [1.54, 1.807) is 25.1 Å². The van der Waals surface area contributed by atoms with Gasteiger partial charge in [0.1, 0.15) is 0 Å². The van der Waals surface area contributed by atoms with Crippen LogP contribution >= 0.6 is 22.9 Å². The zero-order valence-electron chi connectivity index (χ0n) is 7.69. The fourth-order valence-electron chi connectivity index (χ4n) is 1.42. The molecule has 0 fully saturated rings. The molecule has 1 aromatic heterocycles. The Labute approximate surface area is 96.1 Å². The van der Waals surface area contributed by atoms with Crippen molar-refractivity contribution in [1.29, 1.82) is 0 Å². The van der Waals surface area contributed by atoms with Crippen LogP contribution in [0.3, 0.4) is 0 Å². The molecule has 0 atom stereocenters. The second-order valence-corrected chi connectivity index (χ2v) is 6.24. The molecule has 1 aromatic carbocycles. The molecule has 0 amide bonds. The van der Waals surface area contributed by atoms with Crippen LogP contribution in [0.1, 0.15) is 5.56 Å². The lowest BCUT2D eigenvalue weighted by Crippen LogP contribution is -1.96. The van der Waals surface area contributed by atoms with Crippen LogP contribution in [0.2, 0.25) is 5.02 Å². The highest BCUT2D eigenvalue weighted by Gasteiger charge is 2.18. The zero-order chi connectivity index (χ0) is 11.2. The van der Waals surface area contributed by atoms with Gasteiger partial charge in [0.15, 0.2) is 4.21 Å². The molecule has 3 nitrogen and oxygen atoms in total. The normalized spacial score (nSPS) is 12.2. The first-order valence-corrected chi connectivity index (χ1v) is 6.69. The van der Waals surface area contributed by atoms with Gasteiger partial charge in [0, 0.05) is 9.72 Å². The van der Waals surface area contributed by atoms with Crippen LogP contribution in [-0.4, -0.2) is 13.0 Å². The maximum Gasteiger partial charge on any atom is 0.304 e. The van der Waals surface area contributed by atoms with E-state index in [9.17, 15) is 8.42 Å². The van der Waals surface area contributed by atoms with Crippen molar-refractivity contribution in [3.63, 3.8) is 0 Å². The molecule has 0 spiro atoms. The third-order valence-electron chi connectivity index (χ3n) is 2.09. The van der Waals surface area contributed by atoms with Crippen LogP contribution in [0, 0.1) is 6.92 Å². The number of thiophene rings is 1. The van der Waals surface area contributed by atoms with Gasteiger partial charge in [-0.3, -0.25) is 4.55 Å². The average molecular weight is 263 g/mol. The van der Waals surface area contributed by atoms with E-state index in [-0.39, 0.29) is 4.21 Å². The summed E-state index contributed by atoms with van der Waals surface area (Å²) >= 11 is 6.85. The largest absolute Gasteiger partial charge is 0.304 e. The summed E-state index contributed by atoms with van der Waals surface area (Å²) in [4.78, 5) is 0. The van der Waals surface area contributed by atoms with E-state index < -0.39 is 10.1 Å². The third kappa shape index (κ3) is 1.88. The van der Waals surface area contributed by atoms with Crippen LogP contribution in [0.15, 0.2) is 22.4 Å². The molecular formula is C9H7ClO3S2. The van der Waals surface area contributed by atoms with Gasteiger partial charge in [-0.05, 0) is 36.1 Å². The Morgan fingerprint density at radius 1 is 1.40 bits per heavy atom. The first kappa shape index (κ1) is 10.9. The predicted molar refractivity (Wildman–Crippen MR) is 61.4 cm³/mol. The van der Waals surface area contributed by atoms with E-state index in [1.807, 2.05) is 0 Å². The minimum absolute atomic E-state index is 0.0141. The molecule has 0 radical (unpaired) electrons. The molecule has 0 bridgehead atoms. The molecular weight excluding hydrogens is 256 g/mol. The standard InChI is InChI=1S/C9H7ClO3S2/c1-5-7-4-6(10)2-3-8(7)14-9(5)15(11,12)13/h2-4H,1H3,(H,11,12,13). The van der Waals surface area contributed by atoms with E-state index in [0.717, 1.165) is 21.4 Å². The summed E-state index contributed by atoms with van der Waals surface area (Å²) in [5.41, 5.74) is 0.542. The molecule has 0 unspecified atom stereocenters. The van der Waals surface area contributed by atoms with E-state index in [1.165, 1.54) is 0 Å². The van der Waals surface area contributed by atoms with Crippen molar-refractivity contribution in [2.75, 3.05) is 0 Å². The number of benzene rings is 1. The highest BCUT2D eigenvalue weighted by Crippen LogP contribution is 2.35. The fraction of sp³-hybridized carbons (Fsp3) is 0.111. The van der Waals surface area contributed by atoms with Crippen LogP contribution in [0.25, 0.3) is 10.1 Å². The second-order valence-electron chi connectivity index (χ2n) is 3.13. The smallest absolute Gasteiger partial charge is 0.281 e. The summed E-state index contributed by atoms with van der Waals surface area (Å²) in [5, 5.41) is 1.31. The van der Waals surface area contributed by atoms with Crippen LogP contribution in [-0.2, 0) is 10.1 Å². The van der Waals surface area contributed by atoms with Gasteiger partial charge in [0.2, 0.25) is 0 Å². The molecule has 15 heavy (non-hydrogen) atoms. The van der Waals surface area contributed by atoms with Crippen molar-refractivity contribution < 1.29 is 13.0 Å². The van der Waals surface area contributed by atoms with Gasteiger partial charge in [-0.15, -0.1) is 11.3 Å². The number of halogens is 1. The third-order valence-corrected chi connectivity index (χ3v) is 5.05. The maximum atomic E-state index is 11.0. The minimum Gasteiger partial charge on any atom is -0.281 e. The van der Waals surface area contributed by atoms with Crippen molar-refractivity contribution in [3.8, 4) is 0 Å². The van der Waals surface area contributed by atoms with E-state index in [4.69, 9.17) is 16.2 Å². The monoisotopic (exact) mass is 262 g/mol. The summed E-state index contributed by atoms with van der Waals surface area (Å²) in [6.07, 6.45) is 0. The highest BCUT2D eigenvalue weighted by atomic mass is 35.5. The van der Waals surface area contributed by atoms with E-state index >= 15 is 0 Å². The first-order chi connectivity index (χ1) is 6.89. The Bertz CT molecular complexity index is 628. The Hall–Kier alpha value is -0.620. The summed E-state index contributed by atoms with van der Waals surface area (Å²) < 4.78 is 31.9. The fourth-order valence-corrected chi connectivity index (χ4v) is 3.70. The molecule has 6 heteroatoms. The van der Waals surface area contributed by atoms with Gasteiger partial charge in [0.05, 0.1) is 0 Å². The van der Waals surface area contributed by atoms with Crippen LogP contribution in [0.4, 0.5) is 0 Å². The Kier molecular flexibility index (Phi) is 2.50. The molecule has 1 heterocycles. The first-order valence-electron chi connectivity index (χ1n) is 4.06. The molecule has 1 N–H and O–H groups in total. The lowest BCUT2D eigenvalue weighted by molar-refractivity contribution is 0.485. The van der Waals surface area contributed by atoms with Crippen molar-refractivity contribution in [2.24, 2.45) is 0 Å². The minimum atomic E-state index is -4.13. The number of fused-ring (bicyclic) bond motifs is 1. The summed E-state index contributed by atoms with van der Waals surface area (Å²) in [6.45, 7) is 1.65. The second kappa shape index (κ2) is 3.45. The summed E-state index contributed by atoms with van der Waals surface area (Å²) in [5.74, 6) is 0. The SMILES string of the molecule is Cc1c(S(=O)(=O)O)sc2ccc(Cl)cc12. The molecule has 2 aromatic rings. The van der Waals surface area contributed by atoms with E-state index in [0.29, 0.717) is 10.6 Å². The van der Waals surface area contributed by atoms with Crippen LogP contribution in [0.5, 0.6) is 0 Å². The number of aryl methyl sites for hydroxylation is 1. The zero-order valence-corrected chi connectivity index (χ0v) is 10.1. The Morgan fingerprint density at radius 3 is 2.67 bits per heavy atom. The lowest BCUT2D eigenvalue weighted by Gasteiger charge is -1.94. The number of hydrogen-bond donors (Lipinski definition) is 1. The van der Waals surface area contributed by atoms with E-state index in [2.05, 4.69) is 0 Å². The molecule has 80 valence electrons. The van der Waals surface area contributed by atoms with Gasteiger partial charge in [-0.25, -0.2) is 0 Å². The molecule has 0 aliphatic heterocycles. The van der Waals surface area contributed by atoms with Crippen molar-refractivity contribution in [2.45, 2.75) is 11.1 Å². The molecule has 0 saturated heterocycles. The Morgan fingerprint density at radius 2 is 2.07 bits per heavy atom.